The van der Waals surface area contributed by atoms with E-state index in [0.29, 0.717) is 4.83 Å². The first-order valence-electron chi connectivity index (χ1n) is 6.22. The van der Waals surface area contributed by atoms with Crippen molar-refractivity contribution >= 4 is 21.8 Å². The molecule has 1 aliphatic carbocycles. The van der Waals surface area contributed by atoms with E-state index in [1.165, 1.54) is 11.1 Å². The Hall–Kier alpha value is -0.830. The highest BCUT2D eigenvalue weighted by molar-refractivity contribution is 9.09. The molecule has 0 saturated carbocycles. The smallest absolute Gasteiger partial charge is 0.227 e. The molecule has 0 saturated heterocycles. The number of halogens is 1. The van der Waals surface area contributed by atoms with Crippen molar-refractivity contribution < 1.29 is 4.79 Å². The zero-order valence-electron chi connectivity index (χ0n) is 10.1. The predicted molar refractivity (Wildman–Crippen MR) is 73.5 cm³/mol. The van der Waals surface area contributed by atoms with Gasteiger partial charge in [-0.25, -0.2) is 0 Å². The SMILES string of the molecule is CCC(Br)CCNC(=O)C1Cc2ccccc21. The van der Waals surface area contributed by atoms with E-state index in [9.17, 15) is 4.79 Å². The Morgan fingerprint density at radius 3 is 3.00 bits per heavy atom. The van der Waals surface area contributed by atoms with E-state index in [4.69, 9.17) is 0 Å². The zero-order chi connectivity index (χ0) is 12.3. The van der Waals surface area contributed by atoms with Gasteiger partial charge in [0.05, 0.1) is 5.92 Å². The molecule has 2 rings (SSSR count). The highest BCUT2D eigenvalue weighted by Gasteiger charge is 2.31. The lowest BCUT2D eigenvalue weighted by molar-refractivity contribution is -0.123. The van der Waals surface area contributed by atoms with Gasteiger partial charge >= 0.3 is 0 Å². The van der Waals surface area contributed by atoms with E-state index in [1.807, 2.05) is 12.1 Å². The second-order valence-corrected chi connectivity index (χ2v) is 5.84. The van der Waals surface area contributed by atoms with Crippen LogP contribution in [0.3, 0.4) is 0 Å². The molecule has 3 heteroatoms. The number of nitrogens with one attached hydrogen (secondary N) is 1. The fourth-order valence-electron chi connectivity index (χ4n) is 2.17. The number of amides is 1. The van der Waals surface area contributed by atoms with Crippen LogP contribution < -0.4 is 5.32 Å². The Bertz CT molecular complexity index is 405. The van der Waals surface area contributed by atoms with Crippen molar-refractivity contribution in [2.75, 3.05) is 6.54 Å². The van der Waals surface area contributed by atoms with Crippen molar-refractivity contribution in [3.05, 3.63) is 35.4 Å². The van der Waals surface area contributed by atoms with E-state index in [2.05, 4.69) is 40.3 Å². The molecule has 1 aromatic carbocycles. The fraction of sp³-hybridized carbons (Fsp3) is 0.500. The average molecular weight is 296 g/mol. The van der Waals surface area contributed by atoms with Crippen molar-refractivity contribution in [1.82, 2.24) is 5.32 Å². The molecular weight excluding hydrogens is 278 g/mol. The van der Waals surface area contributed by atoms with E-state index in [1.54, 1.807) is 0 Å². The number of benzene rings is 1. The molecule has 0 spiro atoms. The minimum absolute atomic E-state index is 0.0848. The summed E-state index contributed by atoms with van der Waals surface area (Å²) in [5, 5.41) is 3.02. The van der Waals surface area contributed by atoms with Crippen molar-refractivity contribution in [2.24, 2.45) is 0 Å². The van der Waals surface area contributed by atoms with Gasteiger partial charge in [-0.15, -0.1) is 0 Å². The van der Waals surface area contributed by atoms with Gasteiger partial charge in [-0.1, -0.05) is 47.1 Å². The van der Waals surface area contributed by atoms with E-state index in [-0.39, 0.29) is 11.8 Å². The van der Waals surface area contributed by atoms with Crippen LogP contribution in [0.1, 0.15) is 36.8 Å². The van der Waals surface area contributed by atoms with Gasteiger partial charge in [0.25, 0.3) is 0 Å². The van der Waals surface area contributed by atoms with E-state index >= 15 is 0 Å². The van der Waals surface area contributed by atoms with Gasteiger partial charge in [-0.3, -0.25) is 4.79 Å². The molecule has 0 aliphatic heterocycles. The lowest BCUT2D eigenvalue weighted by Crippen LogP contribution is -2.36. The maximum absolute atomic E-state index is 11.9. The van der Waals surface area contributed by atoms with Crippen LogP contribution in [0.4, 0.5) is 0 Å². The summed E-state index contributed by atoms with van der Waals surface area (Å²) in [6.07, 6.45) is 2.99. The highest BCUT2D eigenvalue weighted by atomic mass is 79.9. The molecule has 1 aromatic rings. The molecule has 1 N–H and O–H groups in total. The number of alkyl halides is 1. The summed E-state index contributed by atoms with van der Waals surface area (Å²) in [5.74, 6) is 0.265. The molecule has 17 heavy (non-hydrogen) atoms. The standard InChI is InChI=1S/C14H18BrNO/c1-2-11(15)7-8-16-14(17)13-9-10-5-3-4-6-12(10)13/h3-6,11,13H,2,7-9H2,1H3,(H,16,17). The molecule has 92 valence electrons. The molecule has 2 unspecified atom stereocenters. The third kappa shape index (κ3) is 2.89. The quantitative estimate of drug-likeness (QED) is 0.832. The fourth-order valence-corrected chi connectivity index (χ4v) is 2.40. The van der Waals surface area contributed by atoms with Gasteiger partial charge in [0.2, 0.25) is 5.91 Å². The van der Waals surface area contributed by atoms with Crippen LogP contribution in [0.15, 0.2) is 24.3 Å². The Morgan fingerprint density at radius 2 is 2.29 bits per heavy atom. The largest absolute Gasteiger partial charge is 0.356 e. The van der Waals surface area contributed by atoms with Gasteiger partial charge in [-0.05, 0) is 30.4 Å². The lowest BCUT2D eigenvalue weighted by atomic mass is 9.77. The molecule has 0 radical (unpaired) electrons. The Morgan fingerprint density at radius 1 is 1.53 bits per heavy atom. The summed E-state index contributed by atoms with van der Waals surface area (Å²) in [5.41, 5.74) is 2.52. The maximum Gasteiger partial charge on any atom is 0.227 e. The first-order valence-corrected chi connectivity index (χ1v) is 7.13. The Kier molecular flexibility index (Phi) is 4.21. The summed E-state index contributed by atoms with van der Waals surface area (Å²) < 4.78 is 0. The van der Waals surface area contributed by atoms with E-state index < -0.39 is 0 Å². The van der Waals surface area contributed by atoms with Crippen molar-refractivity contribution in [3.63, 3.8) is 0 Å². The molecule has 0 heterocycles. The molecule has 2 atom stereocenters. The van der Waals surface area contributed by atoms with Gasteiger partial charge in [0.1, 0.15) is 0 Å². The number of hydrogen-bond donors (Lipinski definition) is 1. The minimum atomic E-state index is 0.0848. The highest BCUT2D eigenvalue weighted by Crippen LogP contribution is 2.34. The van der Waals surface area contributed by atoms with Crippen LogP contribution >= 0.6 is 15.9 Å². The molecule has 1 amide bonds. The van der Waals surface area contributed by atoms with Crippen molar-refractivity contribution in [1.29, 1.82) is 0 Å². The number of hydrogen-bond acceptors (Lipinski definition) is 1. The summed E-state index contributed by atoms with van der Waals surface area (Å²) in [6.45, 7) is 2.91. The minimum Gasteiger partial charge on any atom is -0.356 e. The molecule has 0 bridgehead atoms. The Balaban J connectivity index is 1.80. The third-order valence-electron chi connectivity index (χ3n) is 3.37. The number of rotatable bonds is 5. The monoisotopic (exact) mass is 295 g/mol. The van der Waals surface area contributed by atoms with Gasteiger partial charge in [0, 0.05) is 11.4 Å². The summed E-state index contributed by atoms with van der Waals surface area (Å²) in [4.78, 5) is 12.4. The van der Waals surface area contributed by atoms with Crippen LogP contribution in [-0.2, 0) is 11.2 Å². The number of fused-ring (bicyclic) bond motifs is 1. The summed E-state index contributed by atoms with van der Waals surface area (Å²) in [6, 6.07) is 8.20. The predicted octanol–water partition coefficient (Wildman–Crippen LogP) is 3.01. The van der Waals surface area contributed by atoms with Gasteiger partial charge < -0.3 is 5.32 Å². The second-order valence-electron chi connectivity index (χ2n) is 4.54. The third-order valence-corrected chi connectivity index (χ3v) is 4.48. The normalized spacial score (nSPS) is 19.1. The van der Waals surface area contributed by atoms with Crippen molar-refractivity contribution in [3.8, 4) is 0 Å². The van der Waals surface area contributed by atoms with Crippen LogP contribution in [0.5, 0.6) is 0 Å². The van der Waals surface area contributed by atoms with Crippen LogP contribution in [0, 0.1) is 0 Å². The van der Waals surface area contributed by atoms with Crippen LogP contribution in [0.2, 0.25) is 0 Å². The summed E-state index contributed by atoms with van der Waals surface area (Å²) >= 11 is 3.57. The molecule has 0 fully saturated rings. The van der Waals surface area contributed by atoms with Crippen LogP contribution in [-0.4, -0.2) is 17.3 Å². The van der Waals surface area contributed by atoms with Crippen molar-refractivity contribution in [2.45, 2.75) is 36.9 Å². The lowest BCUT2D eigenvalue weighted by Gasteiger charge is -2.28. The van der Waals surface area contributed by atoms with Gasteiger partial charge in [0.15, 0.2) is 0 Å². The zero-order valence-corrected chi connectivity index (χ0v) is 11.7. The maximum atomic E-state index is 11.9. The first kappa shape index (κ1) is 12.6. The molecule has 1 aliphatic rings. The first-order chi connectivity index (χ1) is 8.22. The van der Waals surface area contributed by atoms with Gasteiger partial charge in [-0.2, -0.15) is 0 Å². The topological polar surface area (TPSA) is 29.1 Å². The average Bonchev–Trinajstić information content (AvgIpc) is 2.30. The second kappa shape index (κ2) is 5.67. The Labute approximate surface area is 111 Å². The molecule has 0 aromatic heterocycles. The van der Waals surface area contributed by atoms with Crippen LogP contribution in [0.25, 0.3) is 0 Å². The number of carbonyl (C=O) groups excluding carboxylic acids is 1. The number of carbonyl (C=O) groups is 1. The molecular formula is C14H18BrNO. The van der Waals surface area contributed by atoms with E-state index in [0.717, 1.165) is 25.8 Å². The summed E-state index contributed by atoms with van der Waals surface area (Å²) in [7, 11) is 0. The molecule has 2 nitrogen and oxygen atoms in total.